The van der Waals surface area contributed by atoms with Crippen molar-refractivity contribution in [2.75, 3.05) is 17.6 Å². The summed E-state index contributed by atoms with van der Waals surface area (Å²) in [4.78, 5) is 14.5. The van der Waals surface area contributed by atoms with Gasteiger partial charge in [0.2, 0.25) is 0 Å². The molecular formula is C9H13N3O2S. The van der Waals surface area contributed by atoms with Crippen LogP contribution in [0.5, 0.6) is 0 Å². The summed E-state index contributed by atoms with van der Waals surface area (Å²) in [5.74, 6) is 1.45. The Labute approximate surface area is 92.4 Å². The van der Waals surface area contributed by atoms with E-state index in [1.54, 1.807) is 6.07 Å². The predicted molar refractivity (Wildman–Crippen MR) is 61.5 cm³/mol. The lowest BCUT2D eigenvalue weighted by Gasteiger charge is -2.04. The van der Waals surface area contributed by atoms with Crippen LogP contribution in [-0.2, 0) is 0 Å². The van der Waals surface area contributed by atoms with Crippen LogP contribution in [0, 0.1) is 10.1 Å². The quantitative estimate of drug-likeness (QED) is 0.475. The first kappa shape index (κ1) is 11.8. The number of anilines is 1. The zero-order valence-electron chi connectivity index (χ0n) is 8.69. The molecule has 0 radical (unpaired) electrons. The lowest BCUT2D eigenvalue weighted by Crippen LogP contribution is -2.01. The lowest BCUT2D eigenvalue weighted by atomic mass is 10.4. The maximum atomic E-state index is 10.7. The van der Waals surface area contributed by atoms with Crippen molar-refractivity contribution in [2.45, 2.75) is 18.9 Å². The average molecular weight is 227 g/mol. The minimum atomic E-state index is -0.402. The van der Waals surface area contributed by atoms with E-state index in [4.69, 9.17) is 0 Å². The van der Waals surface area contributed by atoms with Gasteiger partial charge in [0.1, 0.15) is 5.82 Å². The van der Waals surface area contributed by atoms with E-state index in [9.17, 15) is 10.1 Å². The second-order valence-electron chi connectivity index (χ2n) is 2.74. The third-order valence-corrected chi connectivity index (χ3v) is 2.54. The Morgan fingerprint density at radius 3 is 2.80 bits per heavy atom. The van der Waals surface area contributed by atoms with E-state index in [0.29, 0.717) is 10.8 Å². The highest BCUT2D eigenvalue weighted by atomic mass is 32.2. The Morgan fingerprint density at radius 2 is 2.27 bits per heavy atom. The molecule has 5 nitrogen and oxygen atoms in total. The van der Waals surface area contributed by atoms with Crippen LogP contribution < -0.4 is 5.32 Å². The zero-order valence-corrected chi connectivity index (χ0v) is 9.50. The molecule has 0 aliphatic carbocycles. The number of nitrogens with one attached hydrogen (secondary N) is 1. The van der Waals surface area contributed by atoms with Gasteiger partial charge in [-0.25, -0.2) is 4.98 Å². The number of pyridine rings is 1. The van der Waals surface area contributed by atoms with Crippen molar-refractivity contribution in [3.8, 4) is 0 Å². The SMILES string of the molecule is CCNc1ccc([N+](=O)[O-])c(SCC)n1. The maximum absolute atomic E-state index is 10.7. The smallest absolute Gasteiger partial charge is 0.301 e. The van der Waals surface area contributed by atoms with Crippen LogP contribution >= 0.6 is 11.8 Å². The Morgan fingerprint density at radius 1 is 1.53 bits per heavy atom. The Kier molecular flexibility index (Phi) is 4.36. The first-order valence-corrected chi connectivity index (χ1v) is 5.69. The second-order valence-corrected chi connectivity index (χ2v) is 3.99. The molecule has 1 rings (SSSR count). The van der Waals surface area contributed by atoms with Crippen molar-refractivity contribution in [3.63, 3.8) is 0 Å². The maximum Gasteiger partial charge on any atom is 0.301 e. The van der Waals surface area contributed by atoms with Crippen molar-refractivity contribution in [1.82, 2.24) is 4.98 Å². The van der Waals surface area contributed by atoms with Gasteiger partial charge < -0.3 is 5.32 Å². The Bertz CT molecular complexity index is 357. The zero-order chi connectivity index (χ0) is 11.3. The van der Waals surface area contributed by atoms with E-state index in [1.807, 2.05) is 13.8 Å². The van der Waals surface area contributed by atoms with Crippen LogP contribution in [0.25, 0.3) is 0 Å². The van der Waals surface area contributed by atoms with E-state index < -0.39 is 4.92 Å². The number of rotatable bonds is 5. The molecule has 1 aromatic rings. The van der Waals surface area contributed by atoms with Crippen molar-refractivity contribution in [1.29, 1.82) is 0 Å². The van der Waals surface area contributed by atoms with Crippen molar-refractivity contribution < 1.29 is 4.92 Å². The van der Waals surface area contributed by atoms with Crippen molar-refractivity contribution in [3.05, 3.63) is 22.2 Å². The van der Waals surface area contributed by atoms with E-state index in [2.05, 4.69) is 10.3 Å². The summed E-state index contributed by atoms with van der Waals surface area (Å²) >= 11 is 1.38. The Hall–Kier alpha value is -1.30. The first-order valence-electron chi connectivity index (χ1n) is 4.71. The lowest BCUT2D eigenvalue weighted by molar-refractivity contribution is -0.388. The molecule has 0 fully saturated rings. The molecule has 1 heterocycles. The highest BCUT2D eigenvalue weighted by molar-refractivity contribution is 7.99. The molecule has 0 bridgehead atoms. The molecule has 0 aromatic carbocycles. The monoisotopic (exact) mass is 227 g/mol. The summed E-state index contributed by atoms with van der Waals surface area (Å²) in [6.45, 7) is 4.65. The molecule has 0 aliphatic heterocycles. The summed E-state index contributed by atoms with van der Waals surface area (Å²) in [5.41, 5.74) is 0.0727. The van der Waals surface area contributed by atoms with Crippen molar-refractivity contribution in [2.24, 2.45) is 0 Å². The minimum absolute atomic E-state index is 0.0727. The van der Waals surface area contributed by atoms with E-state index in [-0.39, 0.29) is 5.69 Å². The second kappa shape index (κ2) is 5.55. The van der Waals surface area contributed by atoms with Gasteiger partial charge in [0, 0.05) is 12.6 Å². The molecule has 0 aliphatic rings. The van der Waals surface area contributed by atoms with Crippen LogP contribution in [0.1, 0.15) is 13.8 Å². The van der Waals surface area contributed by atoms with Gasteiger partial charge in [-0.05, 0) is 18.7 Å². The number of nitrogens with zero attached hydrogens (tertiary/aromatic N) is 2. The molecule has 0 atom stereocenters. The average Bonchev–Trinajstić information content (AvgIpc) is 2.18. The van der Waals surface area contributed by atoms with Gasteiger partial charge in [0.15, 0.2) is 5.03 Å². The third-order valence-electron chi connectivity index (χ3n) is 1.68. The molecule has 0 spiro atoms. The van der Waals surface area contributed by atoms with Crippen molar-refractivity contribution >= 4 is 23.3 Å². The van der Waals surface area contributed by atoms with E-state index in [0.717, 1.165) is 12.3 Å². The van der Waals surface area contributed by atoms with Gasteiger partial charge in [0.25, 0.3) is 0 Å². The highest BCUT2D eigenvalue weighted by Gasteiger charge is 2.15. The topological polar surface area (TPSA) is 68.1 Å². The van der Waals surface area contributed by atoms with Gasteiger partial charge in [-0.3, -0.25) is 10.1 Å². The fourth-order valence-corrected chi connectivity index (χ4v) is 1.82. The minimum Gasteiger partial charge on any atom is -0.370 e. The molecule has 0 amide bonds. The first-order chi connectivity index (χ1) is 7.19. The molecule has 0 saturated heterocycles. The van der Waals surface area contributed by atoms with Gasteiger partial charge in [-0.2, -0.15) is 0 Å². The number of hydrogen-bond acceptors (Lipinski definition) is 5. The van der Waals surface area contributed by atoms with Gasteiger partial charge >= 0.3 is 5.69 Å². The number of nitro groups is 1. The summed E-state index contributed by atoms with van der Waals surface area (Å²) < 4.78 is 0. The number of thioether (sulfide) groups is 1. The molecule has 1 aromatic heterocycles. The third kappa shape index (κ3) is 3.09. The molecular weight excluding hydrogens is 214 g/mol. The number of hydrogen-bond donors (Lipinski definition) is 1. The molecule has 1 N–H and O–H groups in total. The van der Waals surface area contributed by atoms with Gasteiger partial charge in [-0.15, -0.1) is 0 Å². The summed E-state index contributed by atoms with van der Waals surface area (Å²) in [5, 5.41) is 14.2. The van der Waals surface area contributed by atoms with Gasteiger partial charge in [0.05, 0.1) is 4.92 Å². The normalized spacial score (nSPS) is 10.0. The highest BCUT2D eigenvalue weighted by Crippen LogP contribution is 2.28. The number of aromatic nitrogens is 1. The fourth-order valence-electron chi connectivity index (χ4n) is 1.09. The van der Waals surface area contributed by atoms with Crippen LogP contribution in [0.3, 0.4) is 0 Å². The van der Waals surface area contributed by atoms with Crippen LogP contribution in [0.4, 0.5) is 11.5 Å². The summed E-state index contributed by atoms with van der Waals surface area (Å²) in [7, 11) is 0. The molecule has 0 unspecified atom stereocenters. The summed E-state index contributed by atoms with van der Waals surface area (Å²) in [6, 6.07) is 3.12. The van der Waals surface area contributed by atoms with E-state index >= 15 is 0 Å². The molecule has 0 saturated carbocycles. The molecule has 6 heteroatoms. The summed E-state index contributed by atoms with van der Waals surface area (Å²) in [6.07, 6.45) is 0. The van der Waals surface area contributed by atoms with Crippen LogP contribution in [0.15, 0.2) is 17.2 Å². The molecule has 82 valence electrons. The van der Waals surface area contributed by atoms with Crippen LogP contribution in [-0.4, -0.2) is 22.2 Å². The Balaban J connectivity index is 3.03. The predicted octanol–water partition coefficient (Wildman–Crippen LogP) is 2.53. The van der Waals surface area contributed by atoms with Crippen LogP contribution in [0.2, 0.25) is 0 Å². The fraction of sp³-hybridized carbons (Fsp3) is 0.444. The molecule has 15 heavy (non-hydrogen) atoms. The largest absolute Gasteiger partial charge is 0.370 e. The van der Waals surface area contributed by atoms with E-state index in [1.165, 1.54) is 17.8 Å². The standard InChI is InChI=1S/C9H13N3O2S/c1-3-10-8-6-5-7(12(13)14)9(11-8)15-4-2/h5-6H,3-4H2,1-2H3,(H,10,11). The van der Waals surface area contributed by atoms with Gasteiger partial charge in [-0.1, -0.05) is 18.7 Å².